The quantitative estimate of drug-likeness (QED) is 0.651. The summed E-state index contributed by atoms with van der Waals surface area (Å²) >= 11 is 0. The predicted octanol–water partition coefficient (Wildman–Crippen LogP) is 2.63. The van der Waals surface area contributed by atoms with Crippen LogP contribution in [-0.4, -0.2) is 32.0 Å². The SMILES string of the molecule is COCC(CO)CCCCOCc1ccccc1. The van der Waals surface area contributed by atoms with Crippen molar-refractivity contribution in [2.75, 3.05) is 26.9 Å². The Morgan fingerprint density at radius 2 is 1.94 bits per heavy atom. The van der Waals surface area contributed by atoms with Gasteiger partial charge in [-0.15, -0.1) is 0 Å². The third kappa shape index (κ3) is 6.74. The maximum absolute atomic E-state index is 9.10. The van der Waals surface area contributed by atoms with E-state index in [0.717, 1.165) is 25.9 Å². The van der Waals surface area contributed by atoms with Crippen LogP contribution in [-0.2, 0) is 16.1 Å². The van der Waals surface area contributed by atoms with E-state index in [1.165, 1.54) is 5.56 Å². The maximum Gasteiger partial charge on any atom is 0.0716 e. The van der Waals surface area contributed by atoms with E-state index in [1.807, 2.05) is 18.2 Å². The van der Waals surface area contributed by atoms with Gasteiger partial charge in [0.2, 0.25) is 0 Å². The van der Waals surface area contributed by atoms with Gasteiger partial charge in [-0.1, -0.05) is 36.8 Å². The topological polar surface area (TPSA) is 38.7 Å². The molecule has 0 fully saturated rings. The monoisotopic (exact) mass is 252 g/mol. The van der Waals surface area contributed by atoms with Gasteiger partial charge in [0, 0.05) is 26.2 Å². The first kappa shape index (κ1) is 15.2. The van der Waals surface area contributed by atoms with E-state index >= 15 is 0 Å². The normalized spacial score (nSPS) is 12.6. The minimum Gasteiger partial charge on any atom is -0.396 e. The van der Waals surface area contributed by atoms with Crippen LogP contribution < -0.4 is 0 Å². The van der Waals surface area contributed by atoms with Crippen LogP contribution >= 0.6 is 0 Å². The number of aliphatic hydroxyl groups is 1. The van der Waals surface area contributed by atoms with E-state index in [4.69, 9.17) is 14.6 Å². The van der Waals surface area contributed by atoms with E-state index in [-0.39, 0.29) is 12.5 Å². The van der Waals surface area contributed by atoms with Gasteiger partial charge in [-0.3, -0.25) is 0 Å². The molecular weight excluding hydrogens is 228 g/mol. The van der Waals surface area contributed by atoms with Crippen LogP contribution in [0.2, 0.25) is 0 Å². The predicted molar refractivity (Wildman–Crippen MR) is 72.4 cm³/mol. The van der Waals surface area contributed by atoms with Crippen LogP contribution in [0, 0.1) is 5.92 Å². The van der Waals surface area contributed by atoms with Gasteiger partial charge in [0.05, 0.1) is 13.2 Å². The summed E-state index contributed by atoms with van der Waals surface area (Å²) in [6.45, 7) is 2.31. The summed E-state index contributed by atoms with van der Waals surface area (Å²) in [7, 11) is 1.67. The van der Waals surface area contributed by atoms with Crippen molar-refractivity contribution >= 4 is 0 Å². The highest BCUT2D eigenvalue weighted by Crippen LogP contribution is 2.09. The molecule has 1 rings (SSSR count). The van der Waals surface area contributed by atoms with E-state index in [0.29, 0.717) is 13.2 Å². The zero-order chi connectivity index (χ0) is 13.1. The minimum atomic E-state index is 0.207. The summed E-state index contributed by atoms with van der Waals surface area (Å²) in [5, 5.41) is 9.10. The fourth-order valence-corrected chi connectivity index (χ4v) is 1.86. The van der Waals surface area contributed by atoms with Crippen LogP contribution in [0.3, 0.4) is 0 Å². The molecule has 0 aliphatic heterocycles. The Hall–Kier alpha value is -0.900. The fourth-order valence-electron chi connectivity index (χ4n) is 1.86. The van der Waals surface area contributed by atoms with Gasteiger partial charge >= 0.3 is 0 Å². The lowest BCUT2D eigenvalue weighted by Crippen LogP contribution is -2.12. The Balaban J connectivity index is 1.98. The molecule has 0 saturated heterocycles. The van der Waals surface area contributed by atoms with Crippen LogP contribution in [0.15, 0.2) is 30.3 Å². The van der Waals surface area contributed by atoms with Gasteiger partial charge in [-0.25, -0.2) is 0 Å². The summed E-state index contributed by atoms with van der Waals surface area (Å²) in [6, 6.07) is 10.2. The standard InChI is InChI=1S/C15H24O3/c1-17-12-15(11-16)9-5-6-10-18-13-14-7-3-2-4-8-14/h2-4,7-8,15-16H,5-6,9-13H2,1H3. The number of hydrogen-bond acceptors (Lipinski definition) is 3. The van der Waals surface area contributed by atoms with Crippen molar-refractivity contribution in [3.63, 3.8) is 0 Å². The minimum absolute atomic E-state index is 0.207. The molecule has 1 unspecified atom stereocenters. The third-order valence-electron chi connectivity index (χ3n) is 2.92. The maximum atomic E-state index is 9.10. The summed E-state index contributed by atoms with van der Waals surface area (Å²) in [5.74, 6) is 0.268. The van der Waals surface area contributed by atoms with Crippen molar-refractivity contribution in [2.24, 2.45) is 5.92 Å². The highest BCUT2D eigenvalue weighted by molar-refractivity contribution is 5.13. The van der Waals surface area contributed by atoms with E-state index in [9.17, 15) is 0 Å². The Morgan fingerprint density at radius 3 is 2.61 bits per heavy atom. The molecule has 3 nitrogen and oxygen atoms in total. The molecule has 0 bridgehead atoms. The summed E-state index contributed by atoms with van der Waals surface area (Å²) in [6.07, 6.45) is 3.11. The van der Waals surface area contributed by atoms with Gasteiger partial charge in [0.25, 0.3) is 0 Å². The lowest BCUT2D eigenvalue weighted by molar-refractivity contribution is 0.0941. The molecule has 1 aromatic rings. The van der Waals surface area contributed by atoms with Crippen LogP contribution in [0.5, 0.6) is 0 Å². The summed E-state index contributed by atoms with van der Waals surface area (Å²) in [4.78, 5) is 0. The lowest BCUT2D eigenvalue weighted by atomic mass is 10.0. The molecule has 0 amide bonds. The van der Waals surface area contributed by atoms with Gasteiger partial charge in [0.1, 0.15) is 0 Å². The number of hydrogen-bond donors (Lipinski definition) is 1. The molecule has 18 heavy (non-hydrogen) atoms. The molecule has 1 aromatic carbocycles. The van der Waals surface area contributed by atoms with Gasteiger partial charge in [-0.05, 0) is 18.4 Å². The number of methoxy groups -OCH3 is 1. The molecule has 0 spiro atoms. The summed E-state index contributed by atoms with van der Waals surface area (Å²) < 4.78 is 10.6. The number of ether oxygens (including phenoxy) is 2. The third-order valence-corrected chi connectivity index (χ3v) is 2.92. The van der Waals surface area contributed by atoms with E-state index < -0.39 is 0 Å². The Bertz CT molecular complexity index is 287. The van der Waals surface area contributed by atoms with Crippen molar-refractivity contribution < 1.29 is 14.6 Å². The van der Waals surface area contributed by atoms with E-state index in [2.05, 4.69) is 12.1 Å². The fraction of sp³-hybridized carbons (Fsp3) is 0.600. The number of unbranched alkanes of at least 4 members (excludes halogenated alkanes) is 1. The molecular formula is C15H24O3. The molecule has 0 aromatic heterocycles. The Labute approximate surface area is 110 Å². The molecule has 0 saturated carbocycles. The number of aliphatic hydroxyl groups excluding tert-OH is 1. The van der Waals surface area contributed by atoms with Crippen molar-refractivity contribution in [1.29, 1.82) is 0 Å². The van der Waals surface area contributed by atoms with Crippen LogP contribution in [0.4, 0.5) is 0 Å². The first-order valence-electron chi connectivity index (χ1n) is 6.58. The summed E-state index contributed by atoms with van der Waals surface area (Å²) in [5.41, 5.74) is 1.21. The largest absolute Gasteiger partial charge is 0.396 e. The highest BCUT2D eigenvalue weighted by atomic mass is 16.5. The van der Waals surface area contributed by atoms with Gasteiger partial charge < -0.3 is 14.6 Å². The van der Waals surface area contributed by atoms with Crippen LogP contribution in [0.25, 0.3) is 0 Å². The van der Waals surface area contributed by atoms with Crippen molar-refractivity contribution in [3.05, 3.63) is 35.9 Å². The lowest BCUT2D eigenvalue weighted by Gasteiger charge is -2.12. The average Bonchev–Trinajstić information content (AvgIpc) is 2.42. The first-order chi connectivity index (χ1) is 8.86. The van der Waals surface area contributed by atoms with Crippen molar-refractivity contribution in [1.82, 2.24) is 0 Å². The van der Waals surface area contributed by atoms with Crippen molar-refractivity contribution in [2.45, 2.75) is 25.9 Å². The van der Waals surface area contributed by atoms with Gasteiger partial charge in [0.15, 0.2) is 0 Å². The second kappa shape index (κ2) is 10.1. The molecule has 0 aliphatic carbocycles. The second-order valence-corrected chi connectivity index (χ2v) is 4.54. The molecule has 1 atom stereocenters. The molecule has 0 aliphatic rings. The molecule has 0 heterocycles. The number of rotatable bonds is 10. The first-order valence-corrected chi connectivity index (χ1v) is 6.58. The zero-order valence-corrected chi connectivity index (χ0v) is 11.2. The average molecular weight is 252 g/mol. The molecule has 0 radical (unpaired) electrons. The van der Waals surface area contributed by atoms with Crippen molar-refractivity contribution in [3.8, 4) is 0 Å². The Morgan fingerprint density at radius 1 is 1.17 bits per heavy atom. The molecule has 102 valence electrons. The molecule has 3 heteroatoms. The van der Waals surface area contributed by atoms with E-state index in [1.54, 1.807) is 7.11 Å². The smallest absolute Gasteiger partial charge is 0.0716 e. The zero-order valence-electron chi connectivity index (χ0n) is 11.2. The number of benzene rings is 1. The Kier molecular flexibility index (Phi) is 8.47. The van der Waals surface area contributed by atoms with Gasteiger partial charge in [-0.2, -0.15) is 0 Å². The van der Waals surface area contributed by atoms with Crippen LogP contribution in [0.1, 0.15) is 24.8 Å². The highest BCUT2D eigenvalue weighted by Gasteiger charge is 2.06. The second-order valence-electron chi connectivity index (χ2n) is 4.54. The molecule has 1 N–H and O–H groups in total.